The zero-order valence-electron chi connectivity index (χ0n) is 12.5. The number of pyridine rings is 2. The van der Waals surface area contributed by atoms with Gasteiger partial charge in [0.2, 0.25) is 5.95 Å². The minimum atomic E-state index is -0.467. The third kappa shape index (κ3) is 4.48. The number of aromatic nitrogens is 2. The molecule has 0 unspecified atom stereocenters. The standard InChI is InChI=1S/C19H16FN3/c20-19-11-8-16(13-23-19)5-4-15-6-9-17(10-7-15)22-14-18-3-1-2-12-21-18/h1-13,22H,14H2/b5-4+. The summed E-state index contributed by atoms with van der Waals surface area (Å²) in [6.07, 6.45) is 7.17. The van der Waals surface area contributed by atoms with E-state index in [1.807, 2.05) is 54.6 Å². The molecule has 0 fully saturated rings. The lowest BCUT2D eigenvalue weighted by Gasteiger charge is -2.06. The van der Waals surface area contributed by atoms with E-state index in [-0.39, 0.29) is 0 Å². The van der Waals surface area contributed by atoms with Gasteiger partial charge in [-0.2, -0.15) is 4.39 Å². The van der Waals surface area contributed by atoms with Gasteiger partial charge in [-0.15, -0.1) is 0 Å². The van der Waals surface area contributed by atoms with Gasteiger partial charge in [-0.05, 0) is 47.5 Å². The molecule has 114 valence electrons. The van der Waals surface area contributed by atoms with Crippen molar-refractivity contribution in [2.45, 2.75) is 6.54 Å². The zero-order chi connectivity index (χ0) is 15.9. The molecule has 0 atom stereocenters. The molecule has 1 aromatic carbocycles. The summed E-state index contributed by atoms with van der Waals surface area (Å²) in [6, 6.07) is 17.0. The van der Waals surface area contributed by atoms with E-state index in [2.05, 4.69) is 15.3 Å². The van der Waals surface area contributed by atoms with Crippen molar-refractivity contribution in [3.63, 3.8) is 0 Å². The van der Waals surface area contributed by atoms with Crippen molar-refractivity contribution in [1.82, 2.24) is 9.97 Å². The molecule has 0 spiro atoms. The molecule has 0 aliphatic carbocycles. The minimum Gasteiger partial charge on any atom is -0.379 e. The molecule has 23 heavy (non-hydrogen) atoms. The lowest BCUT2D eigenvalue weighted by atomic mass is 10.1. The first-order chi connectivity index (χ1) is 11.3. The number of hydrogen-bond acceptors (Lipinski definition) is 3. The summed E-state index contributed by atoms with van der Waals surface area (Å²) in [5.41, 5.74) is 3.97. The fourth-order valence-electron chi connectivity index (χ4n) is 2.09. The summed E-state index contributed by atoms with van der Waals surface area (Å²) in [6.45, 7) is 0.692. The third-order valence-corrected chi connectivity index (χ3v) is 3.33. The monoisotopic (exact) mass is 305 g/mol. The summed E-state index contributed by atoms with van der Waals surface area (Å²) in [4.78, 5) is 7.90. The number of benzene rings is 1. The van der Waals surface area contributed by atoms with E-state index in [4.69, 9.17) is 0 Å². The fourth-order valence-corrected chi connectivity index (χ4v) is 2.09. The Morgan fingerprint density at radius 3 is 2.35 bits per heavy atom. The number of hydrogen-bond donors (Lipinski definition) is 1. The van der Waals surface area contributed by atoms with Crippen molar-refractivity contribution in [1.29, 1.82) is 0 Å². The molecule has 1 N–H and O–H groups in total. The van der Waals surface area contributed by atoms with Gasteiger partial charge < -0.3 is 5.32 Å². The highest BCUT2D eigenvalue weighted by Gasteiger charge is 1.95. The van der Waals surface area contributed by atoms with Crippen LogP contribution < -0.4 is 5.32 Å². The maximum absolute atomic E-state index is 12.7. The molecule has 0 radical (unpaired) electrons. The van der Waals surface area contributed by atoms with E-state index < -0.39 is 5.95 Å². The van der Waals surface area contributed by atoms with Crippen LogP contribution in [0, 0.1) is 5.95 Å². The normalized spacial score (nSPS) is 10.8. The topological polar surface area (TPSA) is 37.8 Å². The molecule has 0 bridgehead atoms. The van der Waals surface area contributed by atoms with Gasteiger partial charge in [0.25, 0.3) is 0 Å². The van der Waals surface area contributed by atoms with E-state index in [9.17, 15) is 4.39 Å². The average Bonchev–Trinajstić information content (AvgIpc) is 2.61. The Hall–Kier alpha value is -3.01. The van der Waals surface area contributed by atoms with Gasteiger partial charge in [0.1, 0.15) is 0 Å². The number of rotatable bonds is 5. The molecule has 4 heteroatoms. The van der Waals surface area contributed by atoms with E-state index in [1.54, 1.807) is 12.3 Å². The number of nitrogens with one attached hydrogen (secondary N) is 1. The molecule has 0 aliphatic rings. The van der Waals surface area contributed by atoms with Crippen LogP contribution in [0.1, 0.15) is 16.8 Å². The smallest absolute Gasteiger partial charge is 0.212 e. The molecule has 3 nitrogen and oxygen atoms in total. The Bertz CT molecular complexity index is 766. The van der Waals surface area contributed by atoms with Gasteiger partial charge >= 0.3 is 0 Å². The Kier molecular flexibility index (Phi) is 4.74. The van der Waals surface area contributed by atoms with Crippen LogP contribution in [0.5, 0.6) is 0 Å². The molecule has 0 saturated carbocycles. The Balaban J connectivity index is 1.59. The lowest BCUT2D eigenvalue weighted by molar-refractivity contribution is 0.583. The van der Waals surface area contributed by atoms with E-state index >= 15 is 0 Å². The highest BCUT2D eigenvalue weighted by atomic mass is 19.1. The summed E-state index contributed by atoms with van der Waals surface area (Å²) >= 11 is 0. The number of halogens is 1. The Morgan fingerprint density at radius 1 is 0.870 bits per heavy atom. The summed E-state index contributed by atoms with van der Waals surface area (Å²) in [5.74, 6) is -0.467. The van der Waals surface area contributed by atoms with Gasteiger partial charge in [-0.1, -0.05) is 30.4 Å². The van der Waals surface area contributed by atoms with Crippen molar-refractivity contribution in [3.8, 4) is 0 Å². The predicted molar refractivity (Wildman–Crippen MR) is 91.1 cm³/mol. The molecule has 3 aromatic rings. The van der Waals surface area contributed by atoms with Gasteiger partial charge in [-0.25, -0.2) is 4.98 Å². The van der Waals surface area contributed by atoms with Crippen molar-refractivity contribution >= 4 is 17.8 Å². The van der Waals surface area contributed by atoms with Gasteiger partial charge in [0.05, 0.1) is 12.2 Å². The number of nitrogens with zero attached hydrogens (tertiary/aromatic N) is 2. The van der Waals surface area contributed by atoms with E-state index in [0.29, 0.717) is 6.54 Å². The van der Waals surface area contributed by atoms with E-state index in [1.165, 1.54) is 12.3 Å². The molecular weight excluding hydrogens is 289 g/mol. The van der Waals surface area contributed by atoms with Crippen LogP contribution in [-0.4, -0.2) is 9.97 Å². The molecule has 0 saturated heterocycles. The first-order valence-corrected chi connectivity index (χ1v) is 7.33. The maximum atomic E-state index is 12.7. The van der Waals surface area contributed by atoms with Crippen molar-refractivity contribution < 1.29 is 4.39 Å². The molecule has 2 heterocycles. The lowest BCUT2D eigenvalue weighted by Crippen LogP contribution is -2.00. The second-order valence-electron chi connectivity index (χ2n) is 5.04. The maximum Gasteiger partial charge on any atom is 0.212 e. The van der Waals surface area contributed by atoms with Gasteiger partial charge in [-0.3, -0.25) is 4.98 Å². The minimum absolute atomic E-state index is 0.467. The summed E-state index contributed by atoms with van der Waals surface area (Å²) in [5, 5.41) is 3.33. The molecular formula is C19H16FN3. The van der Waals surface area contributed by atoms with Gasteiger partial charge in [0, 0.05) is 18.1 Å². The molecule has 0 amide bonds. The second kappa shape index (κ2) is 7.31. The Labute approximate surface area is 134 Å². The van der Waals surface area contributed by atoms with Crippen LogP contribution >= 0.6 is 0 Å². The third-order valence-electron chi connectivity index (χ3n) is 3.33. The van der Waals surface area contributed by atoms with Crippen LogP contribution in [0.4, 0.5) is 10.1 Å². The average molecular weight is 305 g/mol. The Morgan fingerprint density at radius 2 is 1.65 bits per heavy atom. The van der Waals surface area contributed by atoms with Crippen LogP contribution in [0.3, 0.4) is 0 Å². The van der Waals surface area contributed by atoms with Crippen molar-refractivity contribution in [3.05, 3.63) is 89.8 Å². The summed E-state index contributed by atoms with van der Waals surface area (Å²) < 4.78 is 12.7. The fraction of sp³-hybridized carbons (Fsp3) is 0.0526. The highest BCUT2D eigenvalue weighted by Crippen LogP contribution is 2.13. The first-order valence-electron chi connectivity index (χ1n) is 7.33. The van der Waals surface area contributed by atoms with Crippen LogP contribution in [0.2, 0.25) is 0 Å². The predicted octanol–water partition coefficient (Wildman–Crippen LogP) is 4.40. The quantitative estimate of drug-likeness (QED) is 0.710. The van der Waals surface area contributed by atoms with Crippen LogP contribution in [0.25, 0.3) is 12.2 Å². The van der Waals surface area contributed by atoms with Crippen molar-refractivity contribution in [2.24, 2.45) is 0 Å². The zero-order valence-corrected chi connectivity index (χ0v) is 12.5. The van der Waals surface area contributed by atoms with Crippen LogP contribution in [0.15, 0.2) is 67.0 Å². The largest absolute Gasteiger partial charge is 0.379 e. The van der Waals surface area contributed by atoms with E-state index in [0.717, 1.165) is 22.5 Å². The second-order valence-corrected chi connectivity index (χ2v) is 5.04. The van der Waals surface area contributed by atoms with Crippen molar-refractivity contribution in [2.75, 3.05) is 5.32 Å². The molecule has 3 rings (SSSR count). The first kappa shape index (κ1) is 14.9. The number of anilines is 1. The molecule has 2 aromatic heterocycles. The molecule has 0 aliphatic heterocycles. The highest BCUT2D eigenvalue weighted by molar-refractivity contribution is 5.70. The van der Waals surface area contributed by atoms with Crippen LogP contribution in [-0.2, 0) is 6.54 Å². The van der Waals surface area contributed by atoms with Gasteiger partial charge in [0.15, 0.2) is 0 Å². The summed E-state index contributed by atoms with van der Waals surface area (Å²) in [7, 11) is 0. The SMILES string of the molecule is Fc1ccc(/C=C/c2ccc(NCc3ccccn3)cc2)cn1.